The van der Waals surface area contributed by atoms with Crippen LogP contribution in [-0.2, 0) is 21.2 Å². The lowest BCUT2D eigenvalue weighted by atomic mass is 10.2. The number of rotatable bonds is 5. The molecule has 2 aromatic rings. The Kier molecular flexibility index (Phi) is 5.71. The first kappa shape index (κ1) is 18.5. The van der Waals surface area contributed by atoms with Crippen molar-refractivity contribution in [1.29, 1.82) is 0 Å². The van der Waals surface area contributed by atoms with Crippen molar-refractivity contribution in [3.05, 3.63) is 64.1 Å². The number of hydrogen-bond acceptors (Lipinski definition) is 3. The molecule has 2 aromatic carbocycles. The molecule has 2 rings (SSSR count). The van der Waals surface area contributed by atoms with Crippen LogP contribution in [0.4, 0.5) is 8.78 Å². The molecule has 0 saturated heterocycles. The second kappa shape index (κ2) is 7.40. The van der Waals surface area contributed by atoms with Crippen molar-refractivity contribution >= 4 is 31.7 Å². The molecule has 24 heavy (non-hydrogen) atoms. The van der Waals surface area contributed by atoms with Crippen LogP contribution in [0.1, 0.15) is 12.5 Å². The molecule has 128 valence electrons. The first-order chi connectivity index (χ1) is 11.2. The van der Waals surface area contributed by atoms with E-state index in [9.17, 15) is 22.0 Å². The number of carbonyl (C=O) groups excluding carboxylic acids is 1. The van der Waals surface area contributed by atoms with Gasteiger partial charge in [-0.25, -0.2) is 17.2 Å². The summed E-state index contributed by atoms with van der Waals surface area (Å²) in [6.07, 6.45) is 0. The molecule has 1 N–H and O–H groups in total. The third kappa shape index (κ3) is 4.18. The Morgan fingerprint density at radius 1 is 1.12 bits per heavy atom. The maximum Gasteiger partial charge on any atom is 0.238 e. The van der Waals surface area contributed by atoms with Crippen LogP contribution >= 0.6 is 15.9 Å². The molecule has 0 fully saturated rings. The number of benzene rings is 2. The summed E-state index contributed by atoms with van der Waals surface area (Å²) in [6, 6.07) is 8.24. The fourth-order valence-electron chi connectivity index (χ4n) is 1.97. The fraction of sp³-hybridized carbons (Fsp3) is 0.188. The van der Waals surface area contributed by atoms with Crippen molar-refractivity contribution in [2.45, 2.75) is 23.6 Å². The molecule has 1 atom stereocenters. The van der Waals surface area contributed by atoms with Gasteiger partial charge in [0.2, 0.25) is 5.91 Å². The monoisotopic (exact) mass is 417 g/mol. The van der Waals surface area contributed by atoms with Crippen molar-refractivity contribution in [2.24, 2.45) is 0 Å². The molecule has 1 unspecified atom stereocenters. The topological polar surface area (TPSA) is 63.2 Å². The Labute approximate surface area is 146 Å². The molecule has 0 aliphatic heterocycles. The lowest BCUT2D eigenvalue weighted by Gasteiger charge is -2.14. The van der Waals surface area contributed by atoms with E-state index in [1.807, 2.05) is 0 Å². The Morgan fingerprint density at radius 3 is 2.33 bits per heavy atom. The Balaban J connectivity index is 2.11. The van der Waals surface area contributed by atoms with Crippen molar-refractivity contribution in [2.75, 3.05) is 0 Å². The van der Waals surface area contributed by atoms with Crippen LogP contribution in [0.15, 0.2) is 51.8 Å². The number of halogens is 3. The van der Waals surface area contributed by atoms with Gasteiger partial charge in [-0.1, -0.05) is 15.9 Å². The minimum absolute atomic E-state index is 0.0273. The molecule has 0 spiro atoms. The highest BCUT2D eigenvalue weighted by Crippen LogP contribution is 2.19. The quantitative estimate of drug-likeness (QED) is 0.759. The van der Waals surface area contributed by atoms with Crippen molar-refractivity contribution in [1.82, 2.24) is 5.32 Å². The Hall–Kier alpha value is -1.80. The van der Waals surface area contributed by atoms with E-state index in [1.165, 1.54) is 25.1 Å². The minimum atomic E-state index is -3.94. The van der Waals surface area contributed by atoms with Gasteiger partial charge in [0.1, 0.15) is 16.9 Å². The van der Waals surface area contributed by atoms with E-state index in [-0.39, 0.29) is 11.4 Å². The van der Waals surface area contributed by atoms with Gasteiger partial charge in [-0.05, 0) is 55.0 Å². The molecule has 8 heteroatoms. The van der Waals surface area contributed by atoms with Gasteiger partial charge in [-0.3, -0.25) is 4.79 Å². The zero-order chi connectivity index (χ0) is 17.9. The SMILES string of the molecule is CC(C(=O)NCc1cc(F)ccc1Br)S(=O)(=O)c1ccc(F)cc1. The maximum absolute atomic E-state index is 13.2. The van der Waals surface area contributed by atoms with Gasteiger partial charge in [0.15, 0.2) is 9.84 Å². The average molecular weight is 418 g/mol. The zero-order valence-electron chi connectivity index (χ0n) is 12.6. The zero-order valence-corrected chi connectivity index (χ0v) is 15.0. The Morgan fingerprint density at radius 2 is 1.71 bits per heavy atom. The third-order valence-electron chi connectivity index (χ3n) is 3.44. The Bertz CT molecular complexity index is 854. The van der Waals surface area contributed by atoms with E-state index in [1.54, 1.807) is 0 Å². The highest BCUT2D eigenvalue weighted by molar-refractivity contribution is 9.10. The largest absolute Gasteiger partial charge is 0.351 e. The van der Waals surface area contributed by atoms with Gasteiger partial charge in [-0.15, -0.1) is 0 Å². The second-order valence-corrected chi connectivity index (χ2v) is 8.22. The van der Waals surface area contributed by atoms with Crippen molar-refractivity contribution < 1.29 is 22.0 Å². The van der Waals surface area contributed by atoms with Gasteiger partial charge in [0.25, 0.3) is 0 Å². The van der Waals surface area contributed by atoms with Crippen LogP contribution in [0.3, 0.4) is 0 Å². The highest BCUT2D eigenvalue weighted by Gasteiger charge is 2.29. The van der Waals surface area contributed by atoms with Crippen LogP contribution in [-0.4, -0.2) is 19.6 Å². The number of carbonyl (C=O) groups is 1. The molecule has 1 amide bonds. The molecule has 0 aromatic heterocycles. The van der Waals surface area contributed by atoms with Crippen LogP contribution in [0.2, 0.25) is 0 Å². The second-order valence-electron chi connectivity index (χ2n) is 5.09. The number of nitrogens with one attached hydrogen (secondary N) is 1. The molecule has 0 saturated carbocycles. The van der Waals surface area contributed by atoms with Gasteiger partial charge < -0.3 is 5.32 Å². The predicted octanol–water partition coefficient (Wildman–Crippen LogP) is 3.21. The van der Waals surface area contributed by atoms with E-state index in [0.717, 1.165) is 24.3 Å². The predicted molar refractivity (Wildman–Crippen MR) is 89.0 cm³/mol. The first-order valence-electron chi connectivity index (χ1n) is 6.93. The smallest absolute Gasteiger partial charge is 0.238 e. The van der Waals surface area contributed by atoms with Gasteiger partial charge in [0, 0.05) is 11.0 Å². The molecule has 0 aliphatic carbocycles. The van der Waals surface area contributed by atoms with Gasteiger partial charge in [0.05, 0.1) is 4.90 Å². The van der Waals surface area contributed by atoms with Crippen LogP contribution in [0, 0.1) is 11.6 Å². The summed E-state index contributed by atoms with van der Waals surface area (Å²) in [7, 11) is -3.94. The van der Waals surface area contributed by atoms with E-state index in [4.69, 9.17) is 0 Å². The third-order valence-corrected chi connectivity index (χ3v) is 6.29. The van der Waals surface area contributed by atoms with Crippen LogP contribution < -0.4 is 5.32 Å². The normalized spacial score (nSPS) is 12.7. The lowest BCUT2D eigenvalue weighted by molar-refractivity contribution is -0.120. The first-order valence-corrected chi connectivity index (χ1v) is 9.27. The molecule has 0 bridgehead atoms. The lowest BCUT2D eigenvalue weighted by Crippen LogP contribution is -2.37. The van der Waals surface area contributed by atoms with Gasteiger partial charge >= 0.3 is 0 Å². The summed E-state index contributed by atoms with van der Waals surface area (Å²) < 4.78 is 51.4. The summed E-state index contributed by atoms with van der Waals surface area (Å²) in [4.78, 5) is 12.0. The van der Waals surface area contributed by atoms with E-state index >= 15 is 0 Å². The summed E-state index contributed by atoms with van der Waals surface area (Å²) >= 11 is 3.23. The summed E-state index contributed by atoms with van der Waals surface area (Å²) in [5.41, 5.74) is 0.481. The summed E-state index contributed by atoms with van der Waals surface area (Å²) in [6.45, 7) is 1.22. The van der Waals surface area contributed by atoms with E-state index in [2.05, 4.69) is 21.2 Å². The van der Waals surface area contributed by atoms with Crippen molar-refractivity contribution in [3.8, 4) is 0 Å². The summed E-state index contributed by atoms with van der Waals surface area (Å²) in [5.74, 6) is -1.76. The maximum atomic E-state index is 13.2. The van der Waals surface area contributed by atoms with Crippen LogP contribution in [0.5, 0.6) is 0 Å². The average Bonchev–Trinajstić information content (AvgIpc) is 2.55. The molecule has 0 aliphatic rings. The number of amides is 1. The van der Waals surface area contributed by atoms with E-state index in [0.29, 0.717) is 10.0 Å². The standard InChI is InChI=1S/C16H14BrF2NO3S/c1-10(24(22,23)14-5-2-12(18)3-6-14)16(21)20-9-11-8-13(19)4-7-15(11)17/h2-8,10H,9H2,1H3,(H,20,21). The van der Waals surface area contributed by atoms with Crippen molar-refractivity contribution in [3.63, 3.8) is 0 Å². The number of sulfone groups is 1. The van der Waals surface area contributed by atoms with Gasteiger partial charge in [-0.2, -0.15) is 0 Å². The molecule has 0 radical (unpaired) electrons. The minimum Gasteiger partial charge on any atom is -0.351 e. The summed E-state index contributed by atoms with van der Waals surface area (Å²) in [5, 5.41) is 1.10. The fourth-order valence-corrected chi connectivity index (χ4v) is 3.65. The van der Waals surface area contributed by atoms with Crippen LogP contribution in [0.25, 0.3) is 0 Å². The number of hydrogen-bond donors (Lipinski definition) is 1. The molecule has 4 nitrogen and oxygen atoms in total. The highest BCUT2D eigenvalue weighted by atomic mass is 79.9. The molecule has 0 heterocycles. The molecular weight excluding hydrogens is 404 g/mol. The molecular formula is C16H14BrF2NO3S. The van der Waals surface area contributed by atoms with E-state index < -0.39 is 32.6 Å².